The summed E-state index contributed by atoms with van der Waals surface area (Å²) >= 11 is 2.47. The Hall–Kier alpha value is -3.95. The van der Waals surface area contributed by atoms with Crippen LogP contribution in [0.1, 0.15) is 42.1 Å². The van der Waals surface area contributed by atoms with Gasteiger partial charge in [-0.1, -0.05) is 58.1 Å². The predicted molar refractivity (Wildman–Crippen MR) is 140 cm³/mol. The number of hydrogen-bond acceptors (Lipinski definition) is 11. The van der Waals surface area contributed by atoms with Crippen molar-refractivity contribution in [3.05, 3.63) is 69.9 Å². The average Bonchev–Trinajstić information content (AvgIpc) is 3.51. The van der Waals surface area contributed by atoms with Gasteiger partial charge in [0.25, 0.3) is 0 Å². The van der Waals surface area contributed by atoms with Gasteiger partial charge in [0.1, 0.15) is 11.6 Å². The third-order valence-electron chi connectivity index (χ3n) is 6.13. The summed E-state index contributed by atoms with van der Waals surface area (Å²) in [6, 6.07) is 11.7. The third kappa shape index (κ3) is 4.87. The molecule has 1 aliphatic heterocycles. The molecule has 3 aromatic rings. The smallest absolute Gasteiger partial charge is 0.236 e. The van der Waals surface area contributed by atoms with Gasteiger partial charge in [0.05, 0.1) is 23.3 Å². The normalized spacial score (nSPS) is 17.6. The van der Waals surface area contributed by atoms with Crippen LogP contribution in [0.4, 0.5) is 10.9 Å². The van der Waals surface area contributed by atoms with E-state index in [9.17, 15) is 14.9 Å². The average molecular weight is 534 g/mol. The maximum Gasteiger partial charge on any atom is 0.236 e. The Morgan fingerprint density at radius 3 is 2.78 bits per heavy atom. The van der Waals surface area contributed by atoms with E-state index in [1.807, 2.05) is 31.2 Å². The lowest BCUT2D eigenvalue weighted by Crippen LogP contribution is -2.38. The minimum atomic E-state index is -0.518. The van der Waals surface area contributed by atoms with Gasteiger partial charge in [-0.15, -0.1) is 10.2 Å². The summed E-state index contributed by atoms with van der Waals surface area (Å²) in [5.74, 6) is 0.514. The van der Waals surface area contributed by atoms with E-state index in [0.29, 0.717) is 51.5 Å². The first kappa shape index (κ1) is 24.7. The van der Waals surface area contributed by atoms with Crippen molar-refractivity contribution in [1.29, 1.82) is 5.26 Å². The second-order valence-corrected chi connectivity index (χ2v) is 10.9. The molecule has 10 nitrogen and oxygen atoms in total. The number of ketones is 1. The highest BCUT2D eigenvalue weighted by Gasteiger charge is 2.41. The molecular weight excluding hydrogens is 510 g/mol. The number of Topliss-reactive ketones (excluding diaryl/α,β-unsaturated/α-hetero) is 1. The number of carbonyl (C=O) groups is 2. The van der Waals surface area contributed by atoms with Gasteiger partial charge in [0.15, 0.2) is 15.9 Å². The molecule has 1 aromatic carbocycles. The molecule has 2 aliphatic rings. The Morgan fingerprint density at radius 2 is 2.08 bits per heavy atom. The monoisotopic (exact) mass is 533 g/mol. The third-order valence-corrected chi connectivity index (χ3v) is 8.18. The number of nitrogens with two attached hydrogens (primary N) is 1. The van der Waals surface area contributed by atoms with Crippen LogP contribution in [0.2, 0.25) is 0 Å². The van der Waals surface area contributed by atoms with Crippen molar-refractivity contribution in [3.8, 4) is 6.07 Å². The quantitative estimate of drug-likeness (QED) is 0.442. The number of amides is 1. The Kier molecular flexibility index (Phi) is 6.82. The number of nitriles is 1. The minimum absolute atomic E-state index is 0.0101. The van der Waals surface area contributed by atoms with Crippen LogP contribution in [0.15, 0.2) is 61.9 Å². The number of thioether (sulfide) groups is 1. The van der Waals surface area contributed by atoms with Gasteiger partial charge >= 0.3 is 0 Å². The summed E-state index contributed by atoms with van der Waals surface area (Å²) in [6.45, 7) is 3.73. The second kappa shape index (κ2) is 10.2. The SMILES string of the molecule is Cc1ccc(C2C(C#N)=C(N)N(c3nnc(SCC(=O)Nc4cc(C)on4)s3)C3=C2C(=O)CCC3)cc1. The highest BCUT2D eigenvalue weighted by Crippen LogP contribution is 2.47. The number of aryl methyl sites for hydroxylation is 2. The predicted octanol–water partition coefficient (Wildman–Crippen LogP) is 4.18. The summed E-state index contributed by atoms with van der Waals surface area (Å²) in [5, 5.41) is 25.5. The molecule has 0 radical (unpaired) electrons. The van der Waals surface area contributed by atoms with Crippen LogP contribution in [0.3, 0.4) is 0 Å². The van der Waals surface area contributed by atoms with Crippen LogP contribution < -0.4 is 16.0 Å². The van der Waals surface area contributed by atoms with Crippen molar-refractivity contribution in [2.24, 2.45) is 5.73 Å². The lowest BCUT2D eigenvalue weighted by molar-refractivity contribution is -0.116. The number of rotatable bonds is 6. The van der Waals surface area contributed by atoms with Crippen LogP contribution >= 0.6 is 23.1 Å². The van der Waals surface area contributed by atoms with Gasteiger partial charge in [0.2, 0.25) is 11.0 Å². The summed E-state index contributed by atoms with van der Waals surface area (Å²) in [7, 11) is 0. The number of carbonyl (C=O) groups excluding carboxylic acids is 2. The van der Waals surface area contributed by atoms with E-state index in [0.717, 1.165) is 16.8 Å². The molecule has 1 atom stereocenters. The molecule has 0 bridgehead atoms. The second-order valence-electron chi connectivity index (χ2n) is 8.74. The fourth-order valence-corrected chi connectivity index (χ4v) is 6.16. The minimum Gasteiger partial charge on any atom is -0.384 e. The van der Waals surface area contributed by atoms with Gasteiger partial charge in [0, 0.05) is 23.8 Å². The zero-order valence-corrected chi connectivity index (χ0v) is 21.8. The van der Waals surface area contributed by atoms with Crippen LogP contribution in [0.5, 0.6) is 0 Å². The molecule has 3 N–H and O–H groups in total. The molecule has 0 spiro atoms. The number of aromatic nitrogens is 3. The molecule has 1 unspecified atom stereocenters. The van der Waals surface area contributed by atoms with E-state index in [1.54, 1.807) is 17.9 Å². The van der Waals surface area contributed by atoms with Crippen molar-refractivity contribution in [2.45, 2.75) is 43.4 Å². The number of anilines is 2. The Labute approximate surface area is 221 Å². The Morgan fingerprint density at radius 1 is 1.30 bits per heavy atom. The van der Waals surface area contributed by atoms with Crippen LogP contribution in [-0.4, -0.2) is 32.8 Å². The maximum absolute atomic E-state index is 13.2. The van der Waals surface area contributed by atoms with Crippen molar-refractivity contribution in [3.63, 3.8) is 0 Å². The van der Waals surface area contributed by atoms with Crippen molar-refractivity contribution in [2.75, 3.05) is 16.0 Å². The first-order chi connectivity index (χ1) is 17.9. The lowest BCUT2D eigenvalue weighted by atomic mass is 9.75. The molecular formula is C25H23N7O3S2. The van der Waals surface area contributed by atoms with E-state index in [2.05, 4.69) is 26.7 Å². The first-order valence-electron chi connectivity index (χ1n) is 11.6. The first-order valence-corrected chi connectivity index (χ1v) is 13.4. The van der Waals surface area contributed by atoms with Crippen molar-refractivity contribution >= 4 is 45.7 Å². The molecule has 5 rings (SSSR count). The summed E-state index contributed by atoms with van der Waals surface area (Å²) < 4.78 is 5.51. The fraction of sp³-hybridized carbons (Fsp3) is 0.280. The summed E-state index contributed by atoms with van der Waals surface area (Å²) in [4.78, 5) is 27.2. The number of hydrogen-bond donors (Lipinski definition) is 2. The van der Waals surface area contributed by atoms with Gasteiger partial charge in [-0.05, 0) is 32.3 Å². The largest absolute Gasteiger partial charge is 0.384 e. The van der Waals surface area contributed by atoms with Gasteiger partial charge in [-0.3, -0.25) is 14.5 Å². The lowest BCUT2D eigenvalue weighted by Gasteiger charge is -2.38. The molecule has 3 heterocycles. The highest BCUT2D eigenvalue weighted by atomic mass is 32.2. The van der Waals surface area contributed by atoms with Gasteiger partial charge < -0.3 is 15.6 Å². The zero-order chi connectivity index (χ0) is 26.1. The Bertz CT molecular complexity index is 1480. The van der Waals surface area contributed by atoms with Gasteiger partial charge in [-0.2, -0.15) is 5.26 Å². The van der Waals surface area contributed by atoms with Crippen LogP contribution in [-0.2, 0) is 9.59 Å². The molecule has 0 saturated heterocycles. The van der Waals surface area contributed by atoms with E-state index in [4.69, 9.17) is 10.3 Å². The highest BCUT2D eigenvalue weighted by molar-refractivity contribution is 8.01. The van der Waals surface area contributed by atoms with E-state index in [1.165, 1.54) is 23.1 Å². The number of nitrogens with one attached hydrogen (secondary N) is 1. The van der Waals surface area contributed by atoms with Crippen LogP contribution in [0.25, 0.3) is 0 Å². The molecule has 1 amide bonds. The molecule has 0 saturated carbocycles. The Balaban J connectivity index is 1.43. The van der Waals surface area contributed by atoms with Gasteiger partial charge in [-0.25, -0.2) is 0 Å². The topological polar surface area (TPSA) is 151 Å². The summed E-state index contributed by atoms with van der Waals surface area (Å²) in [6.07, 6.45) is 1.74. The number of allylic oxidation sites excluding steroid dienone is 3. The van der Waals surface area contributed by atoms with Crippen LogP contribution in [0, 0.1) is 25.2 Å². The molecule has 2 aromatic heterocycles. The van der Waals surface area contributed by atoms with E-state index in [-0.39, 0.29) is 23.3 Å². The van der Waals surface area contributed by atoms with E-state index < -0.39 is 5.92 Å². The molecule has 188 valence electrons. The standard InChI is InChI=1S/C25H23N7O3S2/c1-13-6-8-15(9-7-13)21-16(11-26)23(27)32(17-4-3-5-18(33)22(17)21)24-29-30-25(37-24)36-12-20(34)28-19-10-14(2)35-31-19/h6-10,21H,3-5,12,27H2,1-2H3,(H,28,31,34). The van der Waals surface area contributed by atoms with Crippen molar-refractivity contribution < 1.29 is 14.1 Å². The number of nitrogens with zero attached hydrogens (tertiary/aromatic N) is 5. The zero-order valence-electron chi connectivity index (χ0n) is 20.1. The molecule has 37 heavy (non-hydrogen) atoms. The van der Waals surface area contributed by atoms with E-state index >= 15 is 0 Å². The molecule has 0 fully saturated rings. The number of benzene rings is 1. The molecule has 1 aliphatic carbocycles. The molecule has 12 heteroatoms. The van der Waals surface area contributed by atoms with Crippen molar-refractivity contribution in [1.82, 2.24) is 15.4 Å². The fourth-order valence-electron chi connectivity index (χ4n) is 4.48. The maximum atomic E-state index is 13.2. The summed E-state index contributed by atoms with van der Waals surface area (Å²) in [5.41, 5.74) is 10.2.